The van der Waals surface area contributed by atoms with Gasteiger partial charge in [-0.25, -0.2) is 14.5 Å². The maximum absolute atomic E-state index is 13.0. The maximum Gasteiger partial charge on any atom is 0.255 e. The van der Waals surface area contributed by atoms with E-state index >= 15 is 0 Å². The number of nitrogens with one attached hydrogen (secondary N) is 3. The highest BCUT2D eigenvalue weighted by atomic mass is 16.2. The van der Waals surface area contributed by atoms with Crippen molar-refractivity contribution in [2.24, 2.45) is 0 Å². The number of benzene rings is 3. The van der Waals surface area contributed by atoms with E-state index < -0.39 is 0 Å². The molecule has 3 heterocycles. The molecule has 0 spiro atoms. The zero-order valence-corrected chi connectivity index (χ0v) is 25.4. The lowest BCUT2D eigenvalue weighted by atomic mass is 10.0. The van der Waals surface area contributed by atoms with Crippen molar-refractivity contribution in [3.05, 3.63) is 133 Å². The Bertz CT molecular complexity index is 2020. The zero-order chi connectivity index (χ0) is 31.9. The smallest absolute Gasteiger partial charge is 0.255 e. The first-order valence-corrected chi connectivity index (χ1v) is 14.7. The highest BCUT2D eigenvalue weighted by Gasteiger charge is 2.18. The molecule has 10 nitrogen and oxygen atoms in total. The number of nitrogens with zero attached hydrogens (tertiary/aromatic N) is 5. The molecule has 0 unspecified atom stereocenters. The third-order valence-electron chi connectivity index (χ3n) is 7.03. The van der Waals surface area contributed by atoms with E-state index in [1.54, 1.807) is 48.7 Å². The van der Waals surface area contributed by atoms with Gasteiger partial charge in [0.25, 0.3) is 5.91 Å². The van der Waals surface area contributed by atoms with Crippen molar-refractivity contribution < 1.29 is 9.59 Å². The summed E-state index contributed by atoms with van der Waals surface area (Å²) >= 11 is 0. The minimum atomic E-state index is -0.293. The Morgan fingerprint density at radius 3 is 2.41 bits per heavy atom. The second-order valence-corrected chi connectivity index (χ2v) is 10.8. The third-order valence-corrected chi connectivity index (χ3v) is 7.03. The van der Waals surface area contributed by atoms with Crippen LogP contribution < -0.4 is 16.0 Å². The van der Waals surface area contributed by atoms with Crippen LogP contribution in [0.4, 0.5) is 23.0 Å². The monoisotopic (exact) mass is 608 g/mol. The minimum absolute atomic E-state index is 0.257. The molecule has 228 valence electrons. The van der Waals surface area contributed by atoms with Gasteiger partial charge in [-0.15, -0.1) is 0 Å². The van der Waals surface area contributed by atoms with Crippen molar-refractivity contribution in [2.75, 3.05) is 36.6 Å². The standard InChI is InChI=1S/C36H32N8O2/c1-43(2)22-9-15-32(45)38-29-13-8-12-26(24-29)35(46)39-27-16-18-28(19-17-27)40-36-37-21-20-30(41-36)33-31-14-6-7-23-44(31)42-34(33)25-10-4-3-5-11-25/h3-21,23-24H,22H2,1-2H3,(H,38,45)(H,39,46)(H,37,40,41)/b15-9+. The molecule has 6 rings (SSSR count). The summed E-state index contributed by atoms with van der Waals surface area (Å²) < 4.78 is 1.86. The van der Waals surface area contributed by atoms with E-state index in [1.807, 2.05) is 96.4 Å². The molecular weight excluding hydrogens is 576 g/mol. The van der Waals surface area contributed by atoms with Gasteiger partial charge in [0.1, 0.15) is 5.69 Å². The number of hydrogen-bond donors (Lipinski definition) is 3. The number of rotatable bonds is 10. The quantitative estimate of drug-likeness (QED) is 0.152. The van der Waals surface area contributed by atoms with E-state index in [0.29, 0.717) is 29.4 Å². The second kappa shape index (κ2) is 13.7. The molecular formula is C36H32N8O2. The number of likely N-dealkylation sites (N-methyl/N-ethyl adjacent to an activating group) is 1. The first-order valence-electron chi connectivity index (χ1n) is 14.7. The molecule has 0 aliphatic heterocycles. The summed E-state index contributed by atoms with van der Waals surface area (Å²) in [7, 11) is 3.85. The van der Waals surface area contributed by atoms with Gasteiger partial charge in [0, 0.05) is 53.2 Å². The fraction of sp³-hybridized carbons (Fsp3) is 0.0833. The molecule has 0 radical (unpaired) electrons. The Kier molecular flexibility index (Phi) is 8.89. The van der Waals surface area contributed by atoms with Gasteiger partial charge in [0.2, 0.25) is 11.9 Å². The van der Waals surface area contributed by atoms with Crippen molar-refractivity contribution in [2.45, 2.75) is 0 Å². The predicted molar refractivity (Wildman–Crippen MR) is 182 cm³/mol. The SMILES string of the molecule is CN(C)C/C=C/C(=O)Nc1cccc(C(=O)Nc2ccc(Nc3nccc(-c4c(-c5ccccc5)nn5ccccc45)n3)cc2)c1. The Hall–Kier alpha value is -6.13. The van der Waals surface area contributed by atoms with Gasteiger partial charge in [-0.05, 0) is 74.8 Å². The fourth-order valence-electron chi connectivity index (χ4n) is 4.87. The summed E-state index contributed by atoms with van der Waals surface area (Å²) in [5.74, 6) is -0.120. The number of hydrogen-bond acceptors (Lipinski definition) is 7. The molecule has 3 N–H and O–H groups in total. The summed E-state index contributed by atoms with van der Waals surface area (Å²) in [6, 6.07) is 31.9. The molecule has 10 heteroatoms. The molecule has 0 aliphatic rings. The van der Waals surface area contributed by atoms with Crippen molar-refractivity contribution in [3.63, 3.8) is 0 Å². The highest BCUT2D eigenvalue weighted by molar-refractivity contribution is 6.06. The lowest BCUT2D eigenvalue weighted by molar-refractivity contribution is -0.111. The topological polar surface area (TPSA) is 117 Å². The predicted octanol–water partition coefficient (Wildman–Crippen LogP) is 6.51. The van der Waals surface area contributed by atoms with Crippen LogP contribution in [0.5, 0.6) is 0 Å². The molecule has 0 bridgehead atoms. The number of carbonyl (C=O) groups is 2. The fourth-order valence-corrected chi connectivity index (χ4v) is 4.87. The van der Waals surface area contributed by atoms with Crippen molar-refractivity contribution >= 4 is 40.3 Å². The first-order chi connectivity index (χ1) is 22.4. The number of carbonyl (C=O) groups excluding carboxylic acids is 2. The average Bonchev–Trinajstić information content (AvgIpc) is 3.46. The van der Waals surface area contributed by atoms with Crippen LogP contribution in [0.25, 0.3) is 28.0 Å². The molecule has 0 saturated carbocycles. The van der Waals surface area contributed by atoms with Crippen LogP contribution in [0, 0.1) is 0 Å². The Labute approximate surface area is 266 Å². The Balaban J connectivity index is 1.14. The molecule has 2 amide bonds. The zero-order valence-electron chi connectivity index (χ0n) is 25.4. The molecule has 3 aromatic heterocycles. The van der Waals surface area contributed by atoms with Gasteiger partial charge in [-0.1, -0.05) is 48.5 Å². The largest absolute Gasteiger partial charge is 0.324 e. The van der Waals surface area contributed by atoms with Crippen molar-refractivity contribution in [3.8, 4) is 22.5 Å². The van der Waals surface area contributed by atoms with Crippen LogP contribution in [-0.2, 0) is 4.79 Å². The first kappa shape index (κ1) is 29.9. The van der Waals surface area contributed by atoms with E-state index in [-0.39, 0.29) is 11.8 Å². The van der Waals surface area contributed by atoms with E-state index in [9.17, 15) is 9.59 Å². The van der Waals surface area contributed by atoms with E-state index in [1.165, 1.54) is 6.08 Å². The van der Waals surface area contributed by atoms with Gasteiger partial charge in [-0.3, -0.25) is 9.59 Å². The van der Waals surface area contributed by atoms with E-state index in [2.05, 4.69) is 20.9 Å². The van der Waals surface area contributed by atoms with Crippen molar-refractivity contribution in [1.29, 1.82) is 0 Å². The normalized spacial score (nSPS) is 11.2. The summed E-state index contributed by atoms with van der Waals surface area (Å²) in [6.45, 7) is 0.655. The molecule has 6 aromatic rings. The van der Waals surface area contributed by atoms with Gasteiger partial charge in [0.15, 0.2) is 0 Å². The molecule has 0 fully saturated rings. The number of anilines is 4. The molecule has 0 saturated heterocycles. The number of fused-ring (bicyclic) bond motifs is 1. The maximum atomic E-state index is 13.0. The van der Waals surface area contributed by atoms with Gasteiger partial charge >= 0.3 is 0 Å². The molecule has 0 aliphatic carbocycles. The number of amides is 2. The second-order valence-electron chi connectivity index (χ2n) is 10.8. The van der Waals surface area contributed by atoms with Crippen LogP contribution in [0.1, 0.15) is 10.4 Å². The number of aromatic nitrogens is 4. The lowest BCUT2D eigenvalue weighted by Gasteiger charge is -2.10. The summed E-state index contributed by atoms with van der Waals surface area (Å²) in [5.41, 5.74) is 6.76. The van der Waals surface area contributed by atoms with Crippen LogP contribution in [0.3, 0.4) is 0 Å². The third kappa shape index (κ3) is 7.15. The van der Waals surface area contributed by atoms with Crippen LogP contribution in [0.2, 0.25) is 0 Å². The van der Waals surface area contributed by atoms with Crippen LogP contribution in [0.15, 0.2) is 128 Å². The summed E-state index contributed by atoms with van der Waals surface area (Å²) in [5, 5.41) is 13.8. The van der Waals surface area contributed by atoms with E-state index in [0.717, 1.165) is 33.7 Å². The van der Waals surface area contributed by atoms with Gasteiger partial charge in [0.05, 0.1) is 16.8 Å². The number of pyridine rings is 1. The van der Waals surface area contributed by atoms with Gasteiger partial charge < -0.3 is 20.9 Å². The molecule has 46 heavy (non-hydrogen) atoms. The molecule has 0 atom stereocenters. The van der Waals surface area contributed by atoms with E-state index in [4.69, 9.17) is 10.1 Å². The highest BCUT2D eigenvalue weighted by Crippen LogP contribution is 2.34. The summed E-state index contributed by atoms with van der Waals surface area (Å²) in [6.07, 6.45) is 6.89. The van der Waals surface area contributed by atoms with Crippen LogP contribution >= 0.6 is 0 Å². The average molecular weight is 609 g/mol. The Morgan fingerprint density at radius 1 is 0.826 bits per heavy atom. The molecule has 3 aromatic carbocycles. The van der Waals surface area contributed by atoms with Gasteiger partial charge in [-0.2, -0.15) is 5.10 Å². The van der Waals surface area contributed by atoms with Crippen LogP contribution in [-0.4, -0.2) is 56.9 Å². The Morgan fingerprint density at radius 2 is 1.61 bits per heavy atom. The lowest BCUT2D eigenvalue weighted by Crippen LogP contribution is -2.14. The van der Waals surface area contributed by atoms with Crippen molar-refractivity contribution in [1.82, 2.24) is 24.5 Å². The summed E-state index contributed by atoms with van der Waals surface area (Å²) in [4.78, 5) is 36.4. The minimum Gasteiger partial charge on any atom is -0.324 e.